The summed E-state index contributed by atoms with van der Waals surface area (Å²) >= 11 is 0. The van der Waals surface area contributed by atoms with Gasteiger partial charge >= 0.3 is 0 Å². The van der Waals surface area contributed by atoms with Crippen LogP contribution in [-0.2, 0) is 36.6 Å². The molecule has 0 unspecified atom stereocenters. The third kappa shape index (κ3) is 11.3. The maximum Gasteiger partial charge on any atom is 0.189 e. The van der Waals surface area contributed by atoms with E-state index in [0.29, 0.717) is 25.2 Å². The second-order valence-electron chi connectivity index (χ2n) is 17.6. The minimum atomic E-state index is -0.528. The highest BCUT2D eigenvalue weighted by molar-refractivity contribution is 5.94. The number of ketones is 2. The number of carbonyl (C=O) groups excluding carboxylic acids is 2. The van der Waals surface area contributed by atoms with Crippen molar-refractivity contribution in [3.05, 3.63) is 179 Å². The van der Waals surface area contributed by atoms with Gasteiger partial charge in [0.1, 0.15) is 22.9 Å². The van der Waals surface area contributed by atoms with Gasteiger partial charge in [-0.1, -0.05) is 130 Å². The molecule has 4 aromatic carbocycles. The Morgan fingerprint density at radius 1 is 0.703 bits per heavy atom. The summed E-state index contributed by atoms with van der Waals surface area (Å²) < 4.78 is 29.1. The van der Waals surface area contributed by atoms with Crippen LogP contribution in [0.4, 0.5) is 0 Å². The van der Waals surface area contributed by atoms with Gasteiger partial charge < -0.3 is 23.7 Å². The number of fused-ring (bicyclic) bond motifs is 2. The summed E-state index contributed by atoms with van der Waals surface area (Å²) in [6.45, 7) is 16.8. The predicted octanol–water partition coefficient (Wildman–Crippen LogP) is 12.3. The van der Waals surface area contributed by atoms with E-state index in [2.05, 4.69) is 94.6 Å². The Morgan fingerprint density at radius 2 is 1.25 bits per heavy atom. The van der Waals surface area contributed by atoms with Crippen LogP contribution < -0.4 is 9.47 Å². The number of hydrogen-bond acceptors (Lipinski definition) is 7. The molecular formula is C57H66O7. The second-order valence-corrected chi connectivity index (χ2v) is 17.6. The smallest absolute Gasteiger partial charge is 0.189 e. The number of carbonyl (C=O) groups is 2. The number of benzene rings is 4. The van der Waals surface area contributed by atoms with E-state index in [1.807, 2.05) is 67.6 Å². The molecule has 4 aromatic rings. The van der Waals surface area contributed by atoms with Crippen LogP contribution in [0.15, 0.2) is 146 Å². The summed E-state index contributed by atoms with van der Waals surface area (Å²) in [7, 11) is 3.41. The van der Waals surface area contributed by atoms with Crippen molar-refractivity contribution in [1.82, 2.24) is 0 Å². The van der Waals surface area contributed by atoms with E-state index in [4.69, 9.17) is 23.7 Å². The predicted molar refractivity (Wildman–Crippen MR) is 258 cm³/mol. The monoisotopic (exact) mass is 862 g/mol. The van der Waals surface area contributed by atoms with Crippen LogP contribution in [0, 0.1) is 37.5 Å². The molecule has 336 valence electrons. The molecule has 2 aliphatic heterocycles. The van der Waals surface area contributed by atoms with E-state index in [0.717, 1.165) is 60.3 Å². The van der Waals surface area contributed by atoms with Crippen LogP contribution in [-0.4, -0.2) is 50.4 Å². The van der Waals surface area contributed by atoms with Gasteiger partial charge in [-0.2, -0.15) is 0 Å². The maximum atomic E-state index is 12.8. The minimum Gasteiger partial charge on any atom is -0.496 e. The molecule has 0 N–H and O–H groups in total. The van der Waals surface area contributed by atoms with Crippen molar-refractivity contribution in [2.45, 2.75) is 83.8 Å². The molecule has 0 spiro atoms. The van der Waals surface area contributed by atoms with Gasteiger partial charge in [0.05, 0.1) is 26.4 Å². The Bertz CT molecular complexity index is 2320. The van der Waals surface area contributed by atoms with Gasteiger partial charge in [-0.15, -0.1) is 6.58 Å². The lowest BCUT2D eigenvalue weighted by molar-refractivity contribution is -0.123. The third-order valence-corrected chi connectivity index (χ3v) is 13.4. The first-order chi connectivity index (χ1) is 30.9. The molecule has 4 aliphatic rings. The standard InChI is InChI=1S/C28H32O3.C21H26O4.C8H8/c1-20-12-13-23(17-27(20)30-3)16-21(2)28-19-24(26(29)18-25(28)14-15-31-28)11-7-10-22-8-5-4-6-9-22;1-5-6-17-12-21(20(11-18(17)22)24-13-25-21)15(3)9-16-8-7-14(2)19(10-16)23-4;1-2-8-6-4-3-5-7-8/h4-10,12-13,17-18,21,24H,11,14-16,19H2,1-3H3;5,7-8,10-11,15,17H,1,6,9,12-13H2,2-4H3;2-7H,1H2/b10-7+;;/t21-,24-,28+;15-,17-,21+;/m00./s1. The quantitative estimate of drug-likeness (QED) is 0.117. The number of hydrogen-bond donors (Lipinski definition) is 0. The van der Waals surface area contributed by atoms with Crippen molar-refractivity contribution in [3.8, 4) is 11.5 Å². The molecule has 2 heterocycles. The summed E-state index contributed by atoms with van der Waals surface area (Å²) in [5.74, 6) is 3.20. The Kier molecular flexibility index (Phi) is 16.6. The van der Waals surface area contributed by atoms with Crippen molar-refractivity contribution in [2.75, 3.05) is 27.6 Å². The molecular weight excluding hydrogens is 797 g/mol. The Hall–Kier alpha value is -5.76. The fourth-order valence-corrected chi connectivity index (χ4v) is 9.60. The molecule has 2 saturated heterocycles. The first-order valence-corrected chi connectivity index (χ1v) is 22.6. The highest BCUT2D eigenvalue weighted by Gasteiger charge is 2.52. The van der Waals surface area contributed by atoms with Gasteiger partial charge in [0, 0.05) is 17.9 Å². The number of rotatable bonds is 14. The number of allylic oxidation sites excluding steroid dienone is 4. The van der Waals surface area contributed by atoms with E-state index >= 15 is 0 Å². The van der Waals surface area contributed by atoms with Crippen LogP contribution in [0.2, 0.25) is 0 Å². The van der Waals surface area contributed by atoms with Gasteiger partial charge in [-0.05, 0) is 128 Å². The Balaban J connectivity index is 0.000000184. The fourth-order valence-electron chi connectivity index (χ4n) is 9.60. The topological polar surface area (TPSA) is 80.3 Å². The highest BCUT2D eigenvalue weighted by atomic mass is 16.7. The minimum absolute atomic E-state index is 0.0307. The van der Waals surface area contributed by atoms with Gasteiger partial charge in [0.25, 0.3) is 0 Å². The largest absolute Gasteiger partial charge is 0.496 e. The fraction of sp³-hybridized carbons (Fsp3) is 0.368. The molecule has 7 nitrogen and oxygen atoms in total. The van der Waals surface area contributed by atoms with Gasteiger partial charge in [0.2, 0.25) is 0 Å². The van der Waals surface area contributed by atoms with Crippen LogP contribution in [0.3, 0.4) is 0 Å². The van der Waals surface area contributed by atoms with Gasteiger partial charge in [-0.3, -0.25) is 9.59 Å². The molecule has 0 bridgehead atoms. The Labute approximate surface area is 381 Å². The molecule has 8 rings (SSSR count). The maximum absolute atomic E-state index is 12.8. The summed E-state index contributed by atoms with van der Waals surface area (Å²) in [5, 5.41) is 0. The summed E-state index contributed by atoms with van der Waals surface area (Å²) in [4.78, 5) is 25.1. The lowest BCUT2D eigenvalue weighted by atomic mass is 9.68. The summed E-state index contributed by atoms with van der Waals surface area (Å²) in [6.07, 6.45) is 16.8. The lowest BCUT2D eigenvalue weighted by Gasteiger charge is -2.41. The van der Waals surface area contributed by atoms with E-state index in [-0.39, 0.29) is 47.6 Å². The van der Waals surface area contributed by atoms with E-state index in [1.165, 1.54) is 22.3 Å². The first kappa shape index (κ1) is 47.7. The molecule has 2 fully saturated rings. The number of methoxy groups -OCH3 is 2. The van der Waals surface area contributed by atoms with Crippen LogP contribution >= 0.6 is 0 Å². The van der Waals surface area contributed by atoms with E-state index in [1.54, 1.807) is 26.4 Å². The van der Waals surface area contributed by atoms with Crippen molar-refractivity contribution in [1.29, 1.82) is 0 Å². The first-order valence-electron chi connectivity index (χ1n) is 22.6. The van der Waals surface area contributed by atoms with Crippen molar-refractivity contribution < 1.29 is 33.3 Å². The molecule has 0 aromatic heterocycles. The van der Waals surface area contributed by atoms with Crippen LogP contribution in [0.1, 0.15) is 79.3 Å². The summed E-state index contributed by atoms with van der Waals surface area (Å²) in [5.41, 5.74) is 7.36. The van der Waals surface area contributed by atoms with Crippen molar-refractivity contribution in [2.24, 2.45) is 23.7 Å². The molecule has 0 radical (unpaired) electrons. The van der Waals surface area contributed by atoms with E-state index in [9.17, 15) is 9.59 Å². The average molecular weight is 863 g/mol. The molecule has 64 heavy (non-hydrogen) atoms. The van der Waals surface area contributed by atoms with E-state index < -0.39 is 5.60 Å². The zero-order valence-corrected chi connectivity index (χ0v) is 38.6. The number of ether oxygens (including phenoxy) is 5. The van der Waals surface area contributed by atoms with Crippen molar-refractivity contribution in [3.63, 3.8) is 0 Å². The lowest BCUT2D eigenvalue weighted by Crippen LogP contribution is -2.44. The van der Waals surface area contributed by atoms with Crippen LogP contribution in [0.25, 0.3) is 12.2 Å². The Morgan fingerprint density at radius 3 is 1.81 bits per heavy atom. The molecule has 6 atom stereocenters. The molecule has 0 saturated carbocycles. The third-order valence-electron chi connectivity index (χ3n) is 13.4. The van der Waals surface area contributed by atoms with Crippen molar-refractivity contribution >= 4 is 23.7 Å². The van der Waals surface area contributed by atoms with Gasteiger partial charge in [0.15, 0.2) is 18.4 Å². The highest BCUT2D eigenvalue weighted by Crippen LogP contribution is 2.48. The summed E-state index contributed by atoms with van der Waals surface area (Å²) in [6, 6.07) is 33.0. The van der Waals surface area contributed by atoms with Gasteiger partial charge in [-0.25, -0.2) is 0 Å². The zero-order valence-electron chi connectivity index (χ0n) is 38.6. The van der Waals surface area contributed by atoms with Crippen LogP contribution in [0.5, 0.6) is 11.5 Å². The second kappa shape index (κ2) is 22.2. The number of aryl methyl sites for hydroxylation is 2. The average Bonchev–Trinajstić information content (AvgIpc) is 3.94. The molecule has 2 aliphatic carbocycles. The SMILES string of the molecule is C=CC[C@H]1C[C@]2([C@@H](C)Cc3ccc(C)c(OC)c3)OCOC2=CC1=O.C=Cc1ccccc1.COc1cc(C[C@H](C)[C@]23C[C@H](C/C=C/c4ccccc4)C(=O)C=C2CCO3)ccc1C. The normalized spacial score (nSPS) is 23.1. The molecule has 7 heteroatoms. The molecule has 0 amide bonds. The zero-order chi connectivity index (χ0) is 45.7.